The molecule has 0 aliphatic heterocycles. The summed E-state index contributed by atoms with van der Waals surface area (Å²) in [5, 5.41) is 0. The molecule has 116 valence electrons. The number of fused-ring (bicyclic) bond motifs is 3. The van der Waals surface area contributed by atoms with Crippen molar-refractivity contribution in [3.8, 4) is 0 Å². The van der Waals surface area contributed by atoms with Gasteiger partial charge in [0.1, 0.15) is 0 Å². The fraction of sp³-hybridized carbons (Fsp3) is 0.850. The lowest BCUT2D eigenvalue weighted by Crippen LogP contribution is -2.54. The van der Waals surface area contributed by atoms with Crippen LogP contribution < -0.4 is 0 Å². The first-order valence-electron chi connectivity index (χ1n) is 8.98. The van der Waals surface area contributed by atoms with Crippen LogP contribution in [0.1, 0.15) is 73.1 Å². The van der Waals surface area contributed by atoms with E-state index >= 15 is 0 Å². The monoisotopic (exact) mass is 286 g/mol. The Morgan fingerprint density at radius 3 is 2.52 bits per heavy atom. The highest BCUT2D eigenvalue weighted by molar-refractivity contribution is 6.05. The smallest absolute Gasteiger partial charge is 0.160 e. The third kappa shape index (κ3) is 1.33. The van der Waals surface area contributed by atoms with Gasteiger partial charge in [-0.25, -0.2) is 0 Å². The van der Waals surface area contributed by atoms with Gasteiger partial charge in [-0.3, -0.25) is 4.79 Å². The molecule has 5 unspecified atom stereocenters. The molecule has 0 N–H and O–H groups in total. The van der Waals surface area contributed by atoms with E-state index < -0.39 is 0 Å². The summed E-state index contributed by atoms with van der Waals surface area (Å²) >= 11 is 0. The molecule has 0 aromatic carbocycles. The van der Waals surface area contributed by atoms with Gasteiger partial charge >= 0.3 is 0 Å². The van der Waals surface area contributed by atoms with Crippen LogP contribution in [0.4, 0.5) is 0 Å². The molecule has 0 aromatic rings. The van der Waals surface area contributed by atoms with Crippen LogP contribution in [0, 0.1) is 34.0 Å². The SMILES string of the molecule is CC1=C2C(=O)CC2(C)C2CC3CCC(C)C2(CC1)C3(C)C. The van der Waals surface area contributed by atoms with Crippen LogP contribution >= 0.6 is 0 Å². The number of carbonyl (C=O) groups excluding carboxylic acids is 1. The van der Waals surface area contributed by atoms with Gasteiger partial charge in [0.2, 0.25) is 0 Å². The fourth-order valence-electron chi connectivity index (χ4n) is 7.62. The van der Waals surface area contributed by atoms with Gasteiger partial charge in [-0.15, -0.1) is 0 Å². The van der Waals surface area contributed by atoms with Crippen LogP contribution in [0.25, 0.3) is 0 Å². The zero-order valence-corrected chi connectivity index (χ0v) is 14.4. The van der Waals surface area contributed by atoms with Crippen molar-refractivity contribution in [1.29, 1.82) is 0 Å². The molecule has 5 atom stereocenters. The topological polar surface area (TPSA) is 17.1 Å². The van der Waals surface area contributed by atoms with E-state index in [0.29, 0.717) is 16.6 Å². The summed E-state index contributed by atoms with van der Waals surface area (Å²) in [6, 6.07) is 0. The van der Waals surface area contributed by atoms with Crippen molar-refractivity contribution < 1.29 is 4.79 Å². The molecule has 1 heteroatoms. The highest BCUT2D eigenvalue weighted by Gasteiger charge is 2.70. The van der Waals surface area contributed by atoms with Crippen molar-refractivity contribution >= 4 is 5.78 Å². The van der Waals surface area contributed by atoms with Gasteiger partial charge in [0.15, 0.2) is 5.78 Å². The Hall–Kier alpha value is -0.590. The maximum Gasteiger partial charge on any atom is 0.160 e. The molecule has 0 radical (unpaired) electrons. The first-order chi connectivity index (χ1) is 9.75. The average Bonchev–Trinajstić information content (AvgIpc) is 2.47. The van der Waals surface area contributed by atoms with Crippen LogP contribution in [0.2, 0.25) is 0 Å². The molecule has 4 aliphatic carbocycles. The van der Waals surface area contributed by atoms with Gasteiger partial charge in [-0.05, 0) is 67.6 Å². The highest BCUT2D eigenvalue weighted by Crippen LogP contribution is 2.76. The number of ketones is 1. The summed E-state index contributed by atoms with van der Waals surface area (Å²) in [6.07, 6.45) is 7.49. The number of Topliss-reactive ketones (excluding diaryl/α,β-unsaturated/α-hetero) is 1. The minimum Gasteiger partial charge on any atom is -0.294 e. The summed E-state index contributed by atoms with van der Waals surface area (Å²) in [4.78, 5) is 12.3. The second-order valence-corrected chi connectivity index (χ2v) is 9.40. The van der Waals surface area contributed by atoms with E-state index in [1.807, 2.05) is 0 Å². The number of hydrogen-bond acceptors (Lipinski definition) is 1. The van der Waals surface area contributed by atoms with Gasteiger partial charge in [0.25, 0.3) is 0 Å². The lowest BCUT2D eigenvalue weighted by Gasteiger charge is -2.58. The standard InChI is InChI=1S/C20H30O/c1-12-8-9-20-13(2)6-7-14(18(20,3)4)10-16(20)19(5)11-15(21)17(12)19/h13-14,16H,6-11H2,1-5H3. The van der Waals surface area contributed by atoms with Crippen molar-refractivity contribution in [3.63, 3.8) is 0 Å². The molecule has 1 spiro atoms. The molecular weight excluding hydrogens is 256 g/mol. The molecule has 3 saturated carbocycles. The Labute approximate surface area is 129 Å². The van der Waals surface area contributed by atoms with E-state index in [0.717, 1.165) is 30.6 Å². The van der Waals surface area contributed by atoms with Crippen LogP contribution in [-0.4, -0.2) is 5.78 Å². The predicted octanol–water partition coefficient (Wildman–Crippen LogP) is 5.15. The molecule has 2 bridgehead atoms. The van der Waals surface area contributed by atoms with E-state index in [9.17, 15) is 4.79 Å². The first-order valence-corrected chi connectivity index (χ1v) is 8.98. The average molecular weight is 286 g/mol. The molecule has 3 fully saturated rings. The molecule has 21 heavy (non-hydrogen) atoms. The molecule has 0 saturated heterocycles. The van der Waals surface area contributed by atoms with Gasteiger partial charge in [-0.2, -0.15) is 0 Å². The number of hydrogen-bond donors (Lipinski definition) is 0. The summed E-state index contributed by atoms with van der Waals surface area (Å²) in [5.41, 5.74) is 3.78. The van der Waals surface area contributed by atoms with Gasteiger partial charge in [0, 0.05) is 17.4 Å². The van der Waals surface area contributed by atoms with Gasteiger partial charge < -0.3 is 0 Å². The number of rotatable bonds is 0. The van der Waals surface area contributed by atoms with E-state index in [1.54, 1.807) is 0 Å². The molecule has 0 heterocycles. The predicted molar refractivity (Wildman–Crippen MR) is 85.9 cm³/mol. The zero-order valence-electron chi connectivity index (χ0n) is 14.4. The van der Waals surface area contributed by atoms with Crippen LogP contribution in [0.3, 0.4) is 0 Å². The summed E-state index contributed by atoms with van der Waals surface area (Å²) in [5.74, 6) is 2.90. The van der Waals surface area contributed by atoms with Crippen molar-refractivity contribution in [2.45, 2.75) is 73.1 Å². The Bertz CT molecular complexity index is 554. The van der Waals surface area contributed by atoms with Crippen molar-refractivity contribution in [3.05, 3.63) is 11.1 Å². The second-order valence-electron chi connectivity index (χ2n) is 9.40. The molecule has 0 amide bonds. The Morgan fingerprint density at radius 1 is 1.14 bits per heavy atom. The molecular formula is C20H30O. The number of allylic oxidation sites excluding steroid dienone is 2. The Balaban J connectivity index is 1.91. The zero-order chi connectivity index (χ0) is 15.2. The summed E-state index contributed by atoms with van der Waals surface area (Å²) in [7, 11) is 0. The lowest BCUT2D eigenvalue weighted by molar-refractivity contribution is -0.132. The van der Waals surface area contributed by atoms with Gasteiger partial charge in [-0.1, -0.05) is 33.3 Å². The first kappa shape index (κ1) is 14.0. The second kappa shape index (κ2) is 3.84. The van der Waals surface area contributed by atoms with E-state index in [2.05, 4.69) is 34.6 Å². The highest BCUT2D eigenvalue weighted by atomic mass is 16.1. The van der Waals surface area contributed by atoms with Gasteiger partial charge in [0.05, 0.1) is 0 Å². The Morgan fingerprint density at radius 2 is 1.86 bits per heavy atom. The van der Waals surface area contributed by atoms with Crippen LogP contribution in [-0.2, 0) is 4.79 Å². The largest absolute Gasteiger partial charge is 0.294 e. The maximum absolute atomic E-state index is 12.3. The third-order valence-corrected chi connectivity index (χ3v) is 8.68. The minimum atomic E-state index is 0.197. The lowest BCUT2D eigenvalue weighted by atomic mass is 9.45. The van der Waals surface area contributed by atoms with Crippen molar-refractivity contribution in [2.24, 2.45) is 34.0 Å². The van der Waals surface area contributed by atoms with E-state index in [1.165, 1.54) is 36.8 Å². The molecule has 4 aliphatic rings. The maximum atomic E-state index is 12.3. The van der Waals surface area contributed by atoms with Crippen LogP contribution in [0.5, 0.6) is 0 Å². The molecule has 4 rings (SSSR count). The molecule has 0 aromatic heterocycles. The van der Waals surface area contributed by atoms with Crippen molar-refractivity contribution in [1.82, 2.24) is 0 Å². The normalized spacial score (nSPS) is 51.1. The quantitative estimate of drug-likeness (QED) is 0.601. The fourth-order valence-corrected chi connectivity index (χ4v) is 7.62. The van der Waals surface area contributed by atoms with E-state index in [-0.39, 0.29) is 5.41 Å². The summed E-state index contributed by atoms with van der Waals surface area (Å²) in [6.45, 7) is 12.3. The van der Waals surface area contributed by atoms with Crippen LogP contribution in [0.15, 0.2) is 11.1 Å². The van der Waals surface area contributed by atoms with E-state index in [4.69, 9.17) is 0 Å². The minimum absolute atomic E-state index is 0.197. The number of carbonyl (C=O) groups is 1. The summed E-state index contributed by atoms with van der Waals surface area (Å²) < 4.78 is 0. The Kier molecular flexibility index (Phi) is 2.56. The van der Waals surface area contributed by atoms with Crippen molar-refractivity contribution in [2.75, 3.05) is 0 Å². The third-order valence-electron chi connectivity index (χ3n) is 8.68. The molecule has 1 nitrogen and oxygen atoms in total.